The summed E-state index contributed by atoms with van der Waals surface area (Å²) < 4.78 is 8.23. The van der Waals surface area contributed by atoms with E-state index in [1.54, 1.807) is 23.5 Å². The number of carbonyl (C=O) groups is 1. The molecular formula is C16H16N4O3S. The molecule has 0 spiro atoms. The molecule has 0 bridgehead atoms. The Kier molecular flexibility index (Phi) is 4.66. The van der Waals surface area contributed by atoms with E-state index in [2.05, 4.69) is 16.8 Å². The van der Waals surface area contributed by atoms with E-state index in [9.17, 15) is 9.59 Å². The molecule has 0 aliphatic heterocycles. The highest BCUT2D eigenvalue weighted by atomic mass is 32.2. The Morgan fingerprint density at radius 3 is 2.92 bits per heavy atom. The number of hydrogen-bond donors (Lipinski definition) is 0. The Bertz CT molecular complexity index is 977. The van der Waals surface area contributed by atoms with Crippen LogP contribution in [-0.2, 0) is 16.1 Å². The van der Waals surface area contributed by atoms with Gasteiger partial charge in [-0.3, -0.25) is 18.6 Å². The number of aromatic nitrogens is 4. The molecule has 0 aliphatic carbocycles. The van der Waals surface area contributed by atoms with Gasteiger partial charge in [0.15, 0.2) is 5.16 Å². The van der Waals surface area contributed by atoms with Crippen LogP contribution in [0.5, 0.6) is 0 Å². The van der Waals surface area contributed by atoms with Crippen molar-refractivity contribution in [3.8, 4) is 0 Å². The van der Waals surface area contributed by atoms with Crippen molar-refractivity contribution in [3.63, 3.8) is 0 Å². The number of carbonyl (C=O) groups excluding carboxylic acids is 1. The summed E-state index contributed by atoms with van der Waals surface area (Å²) in [6, 6.07) is 7.25. The van der Waals surface area contributed by atoms with Gasteiger partial charge in [-0.1, -0.05) is 30.0 Å². The van der Waals surface area contributed by atoms with Crippen LogP contribution in [0, 0.1) is 0 Å². The lowest BCUT2D eigenvalue weighted by atomic mass is 10.2. The van der Waals surface area contributed by atoms with Crippen LogP contribution in [0.2, 0.25) is 0 Å². The number of esters is 1. The minimum atomic E-state index is -0.317. The number of benzene rings is 1. The fourth-order valence-corrected chi connectivity index (χ4v) is 3.18. The number of para-hydroxylation sites is 1. The molecule has 0 radical (unpaired) electrons. The van der Waals surface area contributed by atoms with E-state index in [4.69, 9.17) is 4.74 Å². The summed E-state index contributed by atoms with van der Waals surface area (Å²) in [6.07, 6.45) is 1.64. The first-order valence-corrected chi connectivity index (χ1v) is 8.42. The summed E-state index contributed by atoms with van der Waals surface area (Å²) >= 11 is 1.23. The van der Waals surface area contributed by atoms with Gasteiger partial charge in [-0.05, 0) is 19.1 Å². The predicted octanol–water partition coefficient (Wildman–Crippen LogP) is 1.89. The highest BCUT2D eigenvalue weighted by Crippen LogP contribution is 2.21. The predicted molar refractivity (Wildman–Crippen MR) is 92.3 cm³/mol. The minimum absolute atomic E-state index is 0.129. The van der Waals surface area contributed by atoms with Gasteiger partial charge in [-0.25, -0.2) is 0 Å². The number of rotatable bonds is 6. The van der Waals surface area contributed by atoms with Crippen LogP contribution >= 0.6 is 11.8 Å². The van der Waals surface area contributed by atoms with Gasteiger partial charge in [0.2, 0.25) is 5.78 Å². The van der Waals surface area contributed by atoms with Gasteiger partial charge < -0.3 is 4.74 Å². The molecule has 0 N–H and O–H groups in total. The molecule has 124 valence electrons. The lowest BCUT2D eigenvalue weighted by molar-refractivity contribution is -0.139. The maximum Gasteiger partial charge on any atom is 0.316 e. The van der Waals surface area contributed by atoms with Crippen LogP contribution in [0.4, 0.5) is 0 Å². The number of thioether (sulfide) groups is 1. The average molecular weight is 344 g/mol. The Hall–Kier alpha value is -2.61. The van der Waals surface area contributed by atoms with Gasteiger partial charge in [0.1, 0.15) is 0 Å². The number of ether oxygens (including phenoxy) is 1. The largest absolute Gasteiger partial charge is 0.465 e. The molecule has 0 atom stereocenters. The Labute approximate surface area is 141 Å². The smallest absolute Gasteiger partial charge is 0.316 e. The first-order chi connectivity index (χ1) is 11.7. The van der Waals surface area contributed by atoms with Crippen molar-refractivity contribution >= 4 is 34.4 Å². The van der Waals surface area contributed by atoms with Gasteiger partial charge >= 0.3 is 5.97 Å². The third-order valence-electron chi connectivity index (χ3n) is 3.41. The van der Waals surface area contributed by atoms with Crippen LogP contribution in [0.15, 0.2) is 46.9 Å². The highest BCUT2D eigenvalue weighted by Gasteiger charge is 2.17. The van der Waals surface area contributed by atoms with E-state index in [1.807, 2.05) is 18.2 Å². The van der Waals surface area contributed by atoms with Crippen molar-refractivity contribution in [2.75, 3.05) is 12.4 Å². The van der Waals surface area contributed by atoms with Gasteiger partial charge in [0, 0.05) is 6.54 Å². The second-order valence-electron chi connectivity index (χ2n) is 4.93. The van der Waals surface area contributed by atoms with Crippen molar-refractivity contribution in [1.82, 2.24) is 19.2 Å². The zero-order valence-electron chi connectivity index (χ0n) is 13.1. The molecular weight excluding hydrogens is 328 g/mol. The Morgan fingerprint density at radius 2 is 2.17 bits per heavy atom. The second kappa shape index (κ2) is 6.88. The van der Waals surface area contributed by atoms with E-state index < -0.39 is 0 Å². The summed E-state index contributed by atoms with van der Waals surface area (Å²) in [5.41, 5.74) is 0.557. The fraction of sp³-hybridized carbons (Fsp3) is 0.250. The molecule has 0 fully saturated rings. The quantitative estimate of drug-likeness (QED) is 0.386. The Balaban J connectivity index is 2.17. The van der Waals surface area contributed by atoms with Crippen LogP contribution in [0.1, 0.15) is 6.92 Å². The van der Waals surface area contributed by atoms with Crippen LogP contribution in [0.3, 0.4) is 0 Å². The Morgan fingerprint density at radius 1 is 1.38 bits per heavy atom. The SMILES string of the molecule is C=CCn1c(=O)c2ccccc2n2c(SCC(=O)OCC)nnc12. The lowest BCUT2D eigenvalue weighted by Crippen LogP contribution is -2.22. The van der Waals surface area contributed by atoms with E-state index in [0.29, 0.717) is 35.0 Å². The highest BCUT2D eigenvalue weighted by molar-refractivity contribution is 7.99. The van der Waals surface area contributed by atoms with Crippen molar-refractivity contribution in [3.05, 3.63) is 47.3 Å². The molecule has 2 aromatic heterocycles. The molecule has 3 rings (SSSR count). The molecule has 7 nitrogen and oxygen atoms in total. The van der Waals surface area contributed by atoms with Crippen LogP contribution in [0.25, 0.3) is 16.7 Å². The third-order valence-corrected chi connectivity index (χ3v) is 4.32. The summed E-state index contributed by atoms with van der Waals surface area (Å²) in [6.45, 7) is 6.11. The van der Waals surface area contributed by atoms with Gasteiger partial charge in [-0.2, -0.15) is 0 Å². The normalized spacial score (nSPS) is 11.0. The average Bonchev–Trinajstić information content (AvgIpc) is 3.01. The van der Waals surface area contributed by atoms with Crippen molar-refractivity contribution in [1.29, 1.82) is 0 Å². The van der Waals surface area contributed by atoms with E-state index >= 15 is 0 Å². The summed E-state index contributed by atoms with van der Waals surface area (Å²) in [5.74, 6) is 0.233. The molecule has 0 amide bonds. The maximum absolute atomic E-state index is 12.6. The summed E-state index contributed by atoms with van der Waals surface area (Å²) in [5, 5.41) is 9.36. The first-order valence-electron chi connectivity index (χ1n) is 7.43. The number of nitrogens with zero attached hydrogens (tertiary/aromatic N) is 4. The molecule has 0 saturated heterocycles. The van der Waals surface area contributed by atoms with Gasteiger partial charge in [0.05, 0.1) is 23.3 Å². The molecule has 2 heterocycles. The minimum Gasteiger partial charge on any atom is -0.465 e. The number of fused-ring (bicyclic) bond motifs is 3. The number of hydrogen-bond acceptors (Lipinski definition) is 6. The number of allylic oxidation sites excluding steroid dienone is 1. The molecule has 24 heavy (non-hydrogen) atoms. The summed E-state index contributed by atoms with van der Waals surface area (Å²) in [4.78, 5) is 24.2. The second-order valence-corrected chi connectivity index (χ2v) is 5.88. The topological polar surface area (TPSA) is 78.5 Å². The maximum atomic E-state index is 12.6. The monoisotopic (exact) mass is 344 g/mol. The van der Waals surface area contributed by atoms with Crippen LogP contribution in [-0.4, -0.2) is 37.5 Å². The van der Waals surface area contributed by atoms with E-state index in [1.165, 1.54) is 16.3 Å². The third kappa shape index (κ3) is 2.80. The van der Waals surface area contributed by atoms with E-state index in [-0.39, 0.29) is 17.3 Å². The molecule has 0 saturated carbocycles. The van der Waals surface area contributed by atoms with Crippen LogP contribution < -0.4 is 5.56 Å². The zero-order valence-corrected chi connectivity index (χ0v) is 14.0. The van der Waals surface area contributed by atoms with Gasteiger partial charge in [-0.15, -0.1) is 16.8 Å². The van der Waals surface area contributed by atoms with Crippen molar-refractivity contribution in [2.24, 2.45) is 0 Å². The van der Waals surface area contributed by atoms with Crippen molar-refractivity contribution in [2.45, 2.75) is 18.6 Å². The first kappa shape index (κ1) is 16.3. The molecule has 0 aliphatic rings. The van der Waals surface area contributed by atoms with Gasteiger partial charge in [0.25, 0.3) is 5.56 Å². The summed E-state index contributed by atoms with van der Waals surface area (Å²) in [7, 11) is 0. The molecule has 1 aromatic carbocycles. The lowest BCUT2D eigenvalue weighted by Gasteiger charge is -2.09. The molecule has 0 unspecified atom stereocenters. The standard InChI is InChI=1S/C16H16N4O3S/c1-3-9-19-14(22)11-7-5-6-8-12(11)20-15(19)17-18-16(20)24-10-13(21)23-4-2/h3,5-8H,1,4,9-10H2,2H3. The van der Waals surface area contributed by atoms with E-state index in [0.717, 1.165) is 0 Å². The zero-order chi connectivity index (χ0) is 17.1. The molecule has 8 heteroatoms. The fourth-order valence-electron chi connectivity index (χ4n) is 2.45. The molecule has 3 aromatic rings. The van der Waals surface area contributed by atoms with Crippen molar-refractivity contribution < 1.29 is 9.53 Å².